The topological polar surface area (TPSA) is 89.8 Å². The van der Waals surface area contributed by atoms with Gasteiger partial charge in [0.25, 0.3) is 5.91 Å². The number of carbonyl (C=O) groups is 2. The van der Waals surface area contributed by atoms with Crippen molar-refractivity contribution in [2.45, 2.75) is 6.92 Å². The normalized spacial score (nSPS) is 10.3. The Morgan fingerprint density at radius 2 is 1.91 bits per heavy atom. The number of nitrogens with zero attached hydrogens (tertiary/aromatic N) is 4. The van der Waals surface area contributed by atoms with E-state index in [-0.39, 0.29) is 11.7 Å². The number of hydrogen-bond donors (Lipinski definition) is 1. The SMILES string of the molecule is CC(=O)c1ccccc1NC(=O)c1cccc(-n2cnnn2)c1. The number of nitrogens with one attached hydrogen (secondary N) is 1. The van der Waals surface area contributed by atoms with Gasteiger partial charge < -0.3 is 5.32 Å². The van der Waals surface area contributed by atoms with E-state index in [0.29, 0.717) is 22.5 Å². The highest BCUT2D eigenvalue weighted by Gasteiger charge is 2.12. The van der Waals surface area contributed by atoms with E-state index >= 15 is 0 Å². The smallest absolute Gasteiger partial charge is 0.255 e. The molecule has 7 heteroatoms. The van der Waals surface area contributed by atoms with E-state index in [2.05, 4.69) is 20.8 Å². The summed E-state index contributed by atoms with van der Waals surface area (Å²) in [5.41, 5.74) is 2.06. The number of para-hydroxylation sites is 1. The summed E-state index contributed by atoms with van der Waals surface area (Å²) in [4.78, 5) is 24.0. The van der Waals surface area contributed by atoms with Gasteiger partial charge in [-0.3, -0.25) is 9.59 Å². The highest BCUT2D eigenvalue weighted by atomic mass is 16.1. The predicted octanol–water partition coefficient (Wildman–Crippen LogP) is 2.12. The minimum atomic E-state index is -0.311. The van der Waals surface area contributed by atoms with Gasteiger partial charge in [0.2, 0.25) is 0 Å². The van der Waals surface area contributed by atoms with E-state index in [4.69, 9.17) is 0 Å². The quantitative estimate of drug-likeness (QED) is 0.746. The number of aromatic nitrogens is 4. The van der Waals surface area contributed by atoms with E-state index < -0.39 is 0 Å². The van der Waals surface area contributed by atoms with Gasteiger partial charge in [0.05, 0.1) is 11.4 Å². The standard InChI is InChI=1S/C16H13N5O2/c1-11(22)14-7-2-3-8-15(14)18-16(23)12-5-4-6-13(9-12)21-10-17-19-20-21/h2-10H,1H3,(H,18,23). The predicted molar refractivity (Wildman–Crippen MR) is 83.6 cm³/mol. The molecule has 1 heterocycles. The number of rotatable bonds is 4. The monoisotopic (exact) mass is 307 g/mol. The maximum atomic E-state index is 12.4. The van der Waals surface area contributed by atoms with Crippen LogP contribution in [-0.2, 0) is 0 Å². The molecule has 0 aliphatic rings. The molecule has 7 nitrogen and oxygen atoms in total. The van der Waals surface area contributed by atoms with Crippen molar-refractivity contribution in [1.82, 2.24) is 20.2 Å². The molecule has 0 saturated heterocycles. The summed E-state index contributed by atoms with van der Waals surface area (Å²) < 4.78 is 1.46. The Labute approximate surface area is 131 Å². The highest BCUT2D eigenvalue weighted by molar-refractivity contribution is 6.09. The van der Waals surface area contributed by atoms with Gasteiger partial charge in [-0.15, -0.1) is 5.10 Å². The maximum Gasteiger partial charge on any atom is 0.255 e. The summed E-state index contributed by atoms with van der Waals surface area (Å²) in [6.07, 6.45) is 1.45. The molecule has 0 saturated carbocycles. The molecule has 0 spiro atoms. The summed E-state index contributed by atoms with van der Waals surface area (Å²) in [6, 6.07) is 13.8. The fourth-order valence-electron chi connectivity index (χ4n) is 2.16. The molecule has 0 aliphatic carbocycles. The van der Waals surface area contributed by atoms with Crippen molar-refractivity contribution in [3.63, 3.8) is 0 Å². The van der Waals surface area contributed by atoms with E-state index in [0.717, 1.165) is 0 Å². The average Bonchev–Trinajstić information content (AvgIpc) is 3.10. The lowest BCUT2D eigenvalue weighted by Gasteiger charge is -2.09. The lowest BCUT2D eigenvalue weighted by atomic mass is 10.1. The number of carbonyl (C=O) groups excluding carboxylic acids is 2. The first-order valence-electron chi connectivity index (χ1n) is 6.90. The van der Waals surface area contributed by atoms with Crippen LogP contribution in [0.3, 0.4) is 0 Å². The first-order chi connectivity index (χ1) is 11.1. The zero-order valence-corrected chi connectivity index (χ0v) is 12.3. The minimum absolute atomic E-state index is 0.108. The minimum Gasteiger partial charge on any atom is -0.321 e. The summed E-state index contributed by atoms with van der Waals surface area (Å²) in [5, 5.41) is 13.7. The van der Waals surface area contributed by atoms with Crippen LogP contribution in [0.15, 0.2) is 54.9 Å². The van der Waals surface area contributed by atoms with Crippen molar-refractivity contribution in [2.75, 3.05) is 5.32 Å². The summed E-state index contributed by atoms with van der Waals surface area (Å²) in [7, 11) is 0. The Balaban J connectivity index is 1.87. The van der Waals surface area contributed by atoms with Crippen molar-refractivity contribution in [3.8, 4) is 5.69 Å². The number of ketones is 1. The van der Waals surface area contributed by atoms with Crippen molar-refractivity contribution < 1.29 is 9.59 Å². The van der Waals surface area contributed by atoms with Crippen LogP contribution in [0.25, 0.3) is 5.69 Å². The molecule has 1 N–H and O–H groups in total. The van der Waals surface area contributed by atoms with Crippen LogP contribution in [-0.4, -0.2) is 31.9 Å². The van der Waals surface area contributed by atoms with E-state index in [9.17, 15) is 9.59 Å². The molecule has 23 heavy (non-hydrogen) atoms. The molecule has 114 valence electrons. The number of benzene rings is 2. The van der Waals surface area contributed by atoms with Gasteiger partial charge in [-0.1, -0.05) is 18.2 Å². The molecule has 0 fully saturated rings. The van der Waals surface area contributed by atoms with Crippen molar-refractivity contribution in [3.05, 3.63) is 66.0 Å². The van der Waals surface area contributed by atoms with Crippen molar-refractivity contribution in [2.24, 2.45) is 0 Å². The first-order valence-corrected chi connectivity index (χ1v) is 6.90. The lowest BCUT2D eigenvalue weighted by Crippen LogP contribution is -2.14. The zero-order valence-electron chi connectivity index (χ0n) is 12.3. The first kappa shape index (κ1) is 14.6. The van der Waals surface area contributed by atoms with Gasteiger partial charge in [0.15, 0.2) is 5.78 Å². The van der Waals surface area contributed by atoms with Crippen LogP contribution in [0.4, 0.5) is 5.69 Å². The zero-order chi connectivity index (χ0) is 16.2. The highest BCUT2D eigenvalue weighted by Crippen LogP contribution is 2.17. The van der Waals surface area contributed by atoms with Crippen LogP contribution < -0.4 is 5.32 Å². The fraction of sp³-hybridized carbons (Fsp3) is 0.0625. The van der Waals surface area contributed by atoms with E-state index in [1.165, 1.54) is 17.9 Å². The van der Waals surface area contributed by atoms with E-state index in [1.807, 2.05) is 0 Å². The van der Waals surface area contributed by atoms with E-state index in [1.54, 1.807) is 48.5 Å². The molecule has 3 aromatic rings. The molecule has 0 aliphatic heterocycles. The largest absolute Gasteiger partial charge is 0.321 e. The Morgan fingerprint density at radius 1 is 1.09 bits per heavy atom. The number of anilines is 1. The Hall–Kier alpha value is -3.35. The molecular formula is C16H13N5O2. The van der Waals surface area contributed by atoms with Crippen LogP contribution in [0.5, 0.6) is 0 Å². The Bertz CT molecular complexity index is 858. The second kappa shape index (κ2) is 6.18. The fourth-order valence-corrected chi connectivity index (χ4v) is 2.16. The number of hydrogen-bond acceptors (Lipinski definition) is 5. The molecular weight excluding hydrogens is 294 g/mol. The summed E-state index contributed by atoms with van der Waals surface area (Å²) in [5.74, 6) is -0.419. The van der Waals surface area contributed by atoms with Gasteiger partial charge in [0.1, 0.15) is 6.33 Å². The molecule has 3 rings (SSSR count). The van der Waals surface area contributed by atoms with Gasteiger partial charge in [-0.25, -0.2) is 4.68 Å². The Kier molecular flexibility index (Phi) is 3.92. The number of amides is 1. The third-order valence-electron chi connectivity index (χ3n) is 3.28. The third kappa shape index (κ3) is 3.13. The van der Waals surface area contributed by atoms with Gasteiger partial charge in [-0.2, -0.15) is 0 Å². The maximum absolute atomic E-state index is 12.4. The second-order valence-electron chi connectivity index (χ2n) is 4.86. The Morgan fingerprint density at radius 3 is 2.65 bits per heavy atom. The second-order valence-corrected chi connectivity index (χ2v) is 4.86. The lowest BCUT2D eigenvalue weighted by molar-refractivity contribution is 0.101. The molecule has 1 aromatic heterocycles. The van der Waals surface area contributed by atoms with Gasteiger partial charge >= 0.3 is 0 Å². The molecule has 2 aromatic carbocycles. The average molecular weight is 307 g/mol. The molecule has 0 unspecified atom stereocenters. The molecule has 0 atom stereocenters. The van der Waals surface area contributed by atoms with Crippen LogP contribution in [0.2, 0.25) is 0 Å². The van der Waals surface area contributed by atoms with Crippen LogP contribution in [0, 0.1) is 0 Å². The van der Waals surface area contributed by atoms with Gasteiger partial charge in [-0.05, 0) is 47.7 Å². The van der Waals surface area contributed by atoms with Crippen molar-refractivity contribution in [1.29, 1.82) is 0 Å². The number of tetrazole rings is 1. The van der Waals surface area contributed by atoms with Gasteiger partial charge in [0, 0.05) is 11.1 Å². The van der Waals surface area contributed by atoms with Crippen molar-refractivity contribution >= 4 is 17.4 Å². The summed E-state index contributed by atoms with van der Waals surface area (Å²) >= 11 is 0. The molecule has 0 radical (unpaired) electrons. The number of Topliss-reactive ketones (excluding diaryl/α,β-unsaturated/α-hetero) is 1. The third-order valence-corrected chi connectivity index (χ3v) is 3.28. The summed E-state index contributed by atoms with van der Waals surface area (Å²) in [6.45, 7) is 1.46. The molecule has 0 bridgehead atoms. The van der Waals surface area contributed by atoms with Crippen LogP contribution in [0.1, 0.15) is 27.6 Å². The van der Waals surface area contributed by atoms with Crippen LogP contribution >= 0.6 is 0 Å². The molecule has 1 amide bonds.